The van der Waals surface area contributed by atoms with Gasteiger partial charge in [-0.1, -0.05) is 57.6 Å². The molecular weight excluding hydrogens is 354 g/mol. The van der Waals surface area contributed by atoms with E-state index in [1.165, 1.54) is 51.3 Å². The van der Waals surface area contributed by atoms with Gasteiger partial charge in [-0.2, -0.15) is 0 Å². The van der Waals surface area contributed by atoms with Crippen LogP contribution in [0.25, 0.3) is 0 Å². The highest BCUT2D eigenvalue weighted by atomic mass is 16.4. The third-order valence-electron chi connectivity index (χ3n) is 4.78. The second-order valence-corrected chi connectivity index (χ2v) is 7.37. The number of carbonyl (C=O) groups is 2. The number of unbranched alkanes of at least 4 members (excludes halogenated alkanes) is 9. The van der Waals surface area contributed by atoms with Crippen LogP contribution >= 0.6 is 0 Å². The third kappa shape index (κ3) is 12.3. The van der Waals surface area contributed by atoms with Gasteiger partial charge in [0, 0.05) is 24.7 Å². The molecule has 1 atom stereocenters. The van der Waals surface area contributed by atoms with Crippen LogP contribution in [-0.4, -0.2) is 33.0 Å². The summed E-state index contributed by atoms with van der Waals surface area (Å²) in [4.78, 5) is 30.0. The molecule has 1 heterocycles. The Bertz CT molecular complexity index is 555. The van der Waals surface area contributed by atoms with Crippen molar-refractivity contribution in [2.24, 2.45) is 0 Å². The van der Waals surface area contributed by atoms with Crippen molar-refractivity contribution in [3.8, 4) is 0 Å². The summed E-state index contributed by atoms with van der Waals surface area (Å²) in [6.07, 6.45) is 21.2. The van der Waals surface area contributed by atoms with E-state index in [1.54, 1.807) is 6.20 Å². The molecule has 1 aromatic heterocycles. The molecule has 0 aliphatic rings. The molecule has 0 saturated heterocycles. The fourth-order valence-electron chi connectivity index (χ4n) is 3.09. The van der Waals surface area contributed by atoms with Gasteiger partial charge in [-0.3, -0.25) is 4.79 Å². The average Bonchev–Trinajstić information content (AvgIpc) is 3.18. The molecule has 158 valence electrons. The van der Waals surface area contributed by atoms with Crippen LogP contribution in [0.2, 0.25) is 0 Å². The van der Waals surface area contributed by atoms with E-state index in [9.17, 15) is 14.7 Å². The van der Waals surface area contributed by atoms with Crippen molar-refractivity contribution in [1.29, 1.82) is 0 Å². The Hall–Kier alpha value is -2.11. The molecule has 28 heavy (non-hydrogen) atoms. The van der Waals surface area contributed by atoms with E-state index in [4.69, 9.17) is 0 Å². The number of hydrogen-bond acceptors (Lipinski definition) is 3. The molecule has 0 aliphatic carbocycles. The number of carboxylic acid groups (broad SMARTS) is 1. The molecule has 6 heteroatoms. The molecule has 0 aromatic carbocycles. The van der Waals surface area contributed by atoms with E-state index in [0.29, 0.717) is 12.1 Å². The number of nitrogens with zero attached hydrogens (tertiary/aromatic N) is 1. The van der Waals surface area contributed by atoms with Crippen LogP contribution in [-0.2, 0) is 16.0 Å². The number of aliphatic carboxylic acids is 1. The zero-order chi connectivity index (χ0) is 20.5. The van der Waals surface area contributed by atoms with Crippen LogP contribution in [0.1, 0.15) is 89.7 Å². The summed E-state index contributed by atoms with van der Waals surface area (Å²) in [6.45, 7) is 2.23. The highest BCUT2D eigenvalue weighted by Crippen LogP contribution is 2.09. The number of allylic oxidation sites excluding steroid dienone is 2. The fraction of sp³-hybridized carbons (Fsp3) is 0.682. The molecule has 1 amide bonds. The fourth-order valence-corrected chi connectivity index (χ4v) is 3.09. The van der Waals surface area contributed by atoms with Crippen molar-refractivity contribution in [3.05, 3.63) is 30.4 Å². The lowest BCUT2D eigenvalue weighted by molar-refractivity contribution is -0.141. The predicted molar refractivity (Wildman–Crippen MR) is 112 cm³/mol. The van der Waals surface area contributed by atoms with Crippen molar-refractivity contribution in [3.63, 3.8) is 0 Å². The van der Waals surface area contributed by atoms with Gasteiger partial charge in [0.15, 0.2) is 0 Å². The van der Waals surface area contributed by atoms with Gasteiger partial charge in [0.2, 0.25) is 5.91 Å². The first kappa shape index (κ1) is 23.9. The van der Waals surface area contributed by atoms with Crippen molar-refractivity contribution in [1.82, 2.24) is 15.3 Å². The van der Waals surface area contributed by atoms with Gasteiger partial charge in [-0.05, 0) is 32.1 Å². The van der Waals surface area contributed by atoms with Crippen LogP contribution in [0, 0.1) is 0 Å². The number of amides is 1. The largest absolute Gasteiger partial charge is 0.480 e. The molecular formula is C22H37N3O3. The Balaban J connectivity index is 2.01. The summed E-state index contributed by atoms with van der Waals surface area (Å²) in [5.74, 6) is -1.22. The minimum atomic E-state index is -1.03. The summed E-state index contributed by atoms with van der Waals surface area (Å²) in [7, 11) is 0. The number of aromatic amines is 1. The van der Waals surface area contributed by atoms with E-state index < -0.39 is 12.0 Å². The zero-order valence-electron chi connectivity index (χ0n) is 17.3. The lowest BCUT2D eigenvalue weighted by Crippen LogP contribution is -2.42. The first-order valence-electron chi connectivity index (χ1n) is 10.8. The van der Waals surface area contributed by atoms with Crippen molar-refractivity contribution in [2.45, 2.75) is 96.4 Å². The van der Waals surface area contributed by atoms with Crippen LogP contribution in [0.5, 0.6) is 0 Å². The Labute approximate surface area is 169 Å². The molecule has 1 rings (SSSR count). The van der Waals surface area contributed by atoms with Crippen molar-refractivity contribution in [2.75, 3.05) is 0 Å². The average molecular weight is 392 g/mol. The molecule has 0 radical (unpaired) electrons. The minimum absolute atomic E-state index is 0.196. The van der Waals surface area contributed by atoms with Gasteiger partial charge in [0.05, 0.1) is 6.33 Å². The standard InChI is InChI=1S/C22H37N3O3/c1-2-3-4-5-6-7-8-9-10-11-12-13-14-15-21(26)25-20(22(27)28)16-19-17-23-18-24-19/h7-8,17-18,20H,2-6,9-16H2,1H3,(H,23,24)(H,25,26)(H,27,28)/b8-7-/t20-/m0/s1. The molecule has 0 saturated carbocycles. The number of nitrogens with one attached hydrogen (secondary N) is 2. The van der Waals surface area contributed by atoms with Crippen LogP contribution in [0.15, 0.2) is 24.7 Å². The number of carboxylic acids is 1. The number of aromatic nitrogens is 2. The summed E-state index contributed by atoms with van der Waals surface area (Å²) in [6, 6.07) is -0.915. The van der Waals surface area contributed by atoms with E-state index in [1.807, 2.05) is 0 Å². The van der Waals surface area contributed by atoms with E-state index in [0.717, 1.165) is 25.7 Å². The Morgan fingerprint density at radius 3 is 2.32 bits per heavy atom. The molecule has 0 bridgehead atoms. The van der Waals surface area contributed by atoms with Crippen molar-refractivity contribution < 1.29 is 14.7 Å². The summed E-state index contributed by atoms with van der Waals surface area (Å²) in [5.41, 5.74) is 0.697. The van der Waals surface area contributed by atoms with Gasteiger partial charge in [-0.25, -0.2) is 9.78 Å². The lowest BCUT2D eigenvalue weighted by Gasteiger charge is -2.13. The van der Waals surface area contributed by atoms with E-state index in [-0.39, 0.29) is 12.3 Å². The van der Waals surface area contributed by atoms with E-state index in [2.05, 4.69) is 34.4 Å². The van der Waals surface area contributed by atoms with Gasteiger partial charge in [0.25, 0.3) is 0 Å². The number of carbonyl (C=O) groups excluding carboxylic acids is 1. The second kappa shape index (κ2) is 15.9. The maximum absolute atomic E-state index is 12.0. The molecule has 1 aromatic rings. The van der Waals surface area contributed by atoms with Gasteiger partial charge in [0.1, 0.15) is 6.04 Å². The Kier molecular flexibility index (Phi) is 13.6. The smallest absolute Gasteiger partial charge is 0.326 e. The quantitative estimate of drug-likeness (QED) is 0.263. The monoisotopic (exact) mass is 391 g/mol. The molecule has 0 spiro atoms. The molecule has 0 aliphatic heterocycles. The highest BCUT2D eigenvalue weighted by Gasteiger charge is 2.20. The van der Waals surface area contributed by atoms with Gasteiger partial charge < -0.3 is 15.4 Å². The number of H-pyrrole nitrogens is 1. The van der Waals surface area contributed by atoms with Crippen LogP contribution in [0.4, 0.5) is 0 Å². The Morgan fingerprint density at radius 1 is 1.07 bits per heavy atom. The predicted octanol–water partition coefficient (Wildman–Crippen LogP) is 4.78. The maximum Gasteiger partial charge on any atom is 0.326 e. The third-order valence-corrected chi connectivity index (χ3v) is 4.78. The topological polar surface area (TPSA) is 95.1 Å². The van der Waals surface area contributed by atoms with Crippen LogP contribution in [0.3, 0.4) is 0 Å². The summed E-state index contributed by atoms with van der Waals surface area (Å²) >= 11 is 0. The normalized spacial score (nSPS) is 12.3. The SMILES string of the molecule is CCCCCC/C=C\CCCCCCCC(=O)N[C@@H](Cc1cnc[nH]1)C(=O)O. The summed E-state index contributed by atoms with van der Waals surface area (Å²) in [5, 5.41) is 11.9. The van der Waals surface area contributed by atoms with E-state index >= 15 is 0 Å². The second-order valence-electron chi connectivity index (χ2n) is 7.37. The van der Waals surface area contributed by atoms with Gasteiger partial charge >= 0.3 is 5.97 Å². The first-order valence-corrected chi connectivity index (χ1v) is 10.8. The molecule has 3 N–H and O–H groups in total. The minimum Gasteiger partial charge on any atom is -0.480 e. The summed E-state index contributed by atoms with van der Waals surface area (Å²) < 4.78 is 0. The maximum atomic E-state index is 12.0. The number of rotatable bonds is 17. The van der Waals surface area contributed by atoms with Crippen LogP contribution < -0.4 is 5.32 Å². The Morgan fingerprint density at radius 2 is 1.71 bits per heavy atom. The molecule has 6 nitrogen and oxygen atoms in total. The molecule has 0 fully saturated rings. The zero-order valence-corrected chi connectivity index (χ0v) is 17.3. The number of imidazole rings is 1. The number of hydrogen-bond donors (Lipinski definition) is 3. The van der Waals surface area contributed by atoms with Crippen molar-refractivity contribution >= 4 is 11.9 Å². The first-order chi connectivity index (χ1) is 13.6. The van der Waals surface area contributed by atoms with Gasteiger partial charge in [-0.15, -0.1) is 0 Å². The lowest BCUT2D eigenvalue weighted by atomic mass is 10.1. The highest BCUT2D eigenvalue weighted by molar-refractivity contribution is 5.83. The molecule has 0 unspecified atom stereocenters.